The van der Waals surface area contributed by atoms with Crippen LogP contribution in [-0.2, 0) is 4.74 Å². The molecule has 0 spiro atoms. The van der Waals surface area contributed by atoms with Gasteiger partial charge in [0, 0.05) is 19.2 Å². The van der Waals surface area contributed by atoms with Crippen LogP contribution in [0.25, 0.3) is 0 Å². The average molecular weight is 353 g/mol. The third-order valence-electron chi connectivity index (χ3n) is 3.25. The third kappa shape index (κ3) is 4.99. The summed E-state index contributed by atoms with van der Waals surface area (Å²) in [6.07, 6.45) is 3.95. The lowest BCUT2D eigenvalue weighted by Crippen LogP contribution is -2.39. The van der Waals surface area contributed by atoms with Gasteiger partial charge in [-0.2, -0.15) is 0 Å². The van der Waals surface area contributed by atoms with Crippen LogP contribution in [0, 0.1) is 5.92 Å². The Bertz CT molecular complexity index is 254. The molecule has 1 aliphatic carbocycles. The van der Waals surface area contributed by atoms with Gasteiger partial charge in [-0.25, -0.2) is 0 Å². The van der Waals surface area contributed by atoms with Crippen molar-refractivity contribution in [3.8, 4) is 0 Å². The van der Waals surface area contributed by atoms with E-state index < -0.39 is 0 Å². The van der Waals surface area contributed by atoms with Crippen LogP contribution in [0.5, 0.6) is 0 Å². The summed E-state index contributed by atoms with van der Waals surface area (Å²) in [5.74, 6) is 1.75. The maximum absolute atomic E-state index is 5.56. The van der Waals surface area contributed by atoms with Gasteiger partial charge in [-0.3, -0.25) is 4.99 Å². The SMILES string of the molecule is CCNC(=NCC1CCCO1)NC1CC1C.I. The minimum absolute atomic E-state index is 0. The number of nitrogens with one attached hydrogen (secondary N) is 2. The first-order valence-corrected chi connectivity index (χ1v) is 6.46. The van der Waals surface area contributed by atoms with Gasteiger partial charge in [-0.15, -0.1) is 24.0 Å². The minimum atomic E-state index is 0. The molecular weight excluding hydrogens is 329 g/mol. The quantitative estimate of drug-likeness (QED) is 0.460. The molecule has 2 aliphatic rings. The van der Waals surface area contributed by atoms with E-state index in [0.717, 1.165) is 38.0 Å². The lowest BCUT2D eigenvalue weighted by atomic mass is 10.2. The van der Waals surface area contributed by atoms with Crippen LogP contribution < -0.4 is 10.6 Å². The van der Waals surface area contributed by atoms with Gasteiger partial charge in [0.25, 0.3) is 0 Å². The molecule has 0 amide bonds. The lowest BCUT2D eigenvalue weighted by molar-refractivity contribution is 0.117. The van der Waals surface area contributed by atoms with Gasteiger partial charge < -0.3 is 15.4 Å². The predicted molar refractivity (Wildman–Crippen MR) is 81.1 cm³/mol. The number of rotatable bonds is 4. The Labute approximate surface area is 121 Å². The molecule has 0 radical (unpaired) electrons. The zero-order valence-corrected chi connectivity index (χ0v) is 13.1. The monoisotopic (exact) mass is 353 g/mol. The molecule has 4 nitrogen and oxygen atoms in total. The van der Waals surface area contributed by atoms with Crippen LogP contribution in [0.15, 0.2) is 4.99 Å². The summed E-state index contributed by atoms with van der Waals surface area (Å²) in [4.78, 5) is 4.58. The highest BCUT2D eigenvalue weighted by Gasteiger charge is 2.33. The second-order valence-corrected chi connectivity index (χ2v) is 4.82. The molecule has 1 heterocycles. The first-order chi connectivity index (χ1) is 7.79. The highest BCUT2D eigenvalue weighted by Crippen LogP contribution is 2.28. The Kier molecular flexibility index (Phi) is 6.54. The Morgan fingerprint density at radius 2 is 2.24 bits per heavy atom. The Balaban J connectivity index is 0.00000144. The van der Waals surface area contributed by atoms with Crippen LogP contribution in [0.1, 0.15) is 33.1 Å². The number of halogens is 1. The second kappa shape index (κ2) is 7.41. The summed E-state index contributed by atoms with van der Waals surface area (Å²) >= 11 is 0. The van der Waals surface area contributed by atoms with Gasteiger partial charge in [0.1, 0.15) is 0 Å². The van der Waals surface area contributed by atoms with E-state index in [2.05, 4.69) is 29.5 Å². The summed E-state index contributed by atoms with van der Waals surface area (Å²) in [5.41, 5.74) is 0. The summed E-state index contributed by atoms with van der Waals surface area (Å²) in [7, 11) is 0. The van der Waals surface area contributed by atoms with E-state index in [1.165, 1.54) is 12.8 Å². The standard InChI is InChI=1S/C12H23N3O.HI/c1-3-13-12(15-11-7-9(11)2)14-8-10-5-4-6-16-10;/h9-11H,3-8H2,1-2H3,(H2,13,14,15);1H. The van der Waals surface area contributed by atoms with Gasteiger partial charge in [0.15, 0.2) is 5.96 Å². The van der Waals surface area contributed by atoms with E-state index >= 15 is 0 Å². The molecule has 0 aromatic rings. The topological polar surface area (TPSA) is 45.7 Å². The molecule has 3 atom stereocenters. The highest BCUT2D eigenvalue weighted by atomic mass is 127. The van der Waals surface area contributed by atoms with Gasteiger partial charge in [-0.1, -0.05) is 6.92 Å². The zero-order chi connectivity index (χ0) is 11.4. The highest BCUT2D eigenvalue weighted by molar-refractivity contribution is 14.0. The van der Waals surface area contributed by atoms with Crippen molar-refractivity contribution in [1.82, 2.24) is 10.6 Å². The predicted octanol–water partition coefficient (Wildman–Crippen LogP) is 1.75. The average Bonchev–Trinajstić information content (AvgIpc) is 2.80. The Morgan fingerprint density at radius 3 is 2.76 bits per heavy atom. The molecule has 0 bridgehead atoms. The smallest absolute Gasteiger partial charge is 0.191 e. The van der Waals surface area contributed by atoms with Crippen molar-refractivity contribution in [3.63, 3.8) is 0 Å². The van der Waals surface area contributed by atoms with Crippen molar-refractivity contribution in [2.24, 2.45) is 10.9 Å². The van der Waals surface area contributed by atoms with E-state index in [4.69, 9.17) is 4.74 Å². The van der Waals surface area contributed by atoms with E-state index in [-0.39, 0.29) is 24.0 Å². The van der Waals surface area contributed by atoms with Crippen LogP contribution in [0.3, 0.4) is 0 Å². The van der Waals surface area contributed by atoms with Crippen molar-refractivity contribution in [1.29, 1.82) is 0 Å². The molecule has 3 unspecified atom stereocenters. The van der Waals surface area contributed by atoms with E-state index in [1.807, 2.05) is 0 Å². The van der Waals surface area contributed by atoms with Crippen LogP contribution >= 0.6 is 24.0 Å². The van der Waals surface area contributed by atoms with Crippen LogP contribution in [0.4, 0.5) is 0 Å². The normalized spacial score (nSPS) is 31.9. The van der Waals surface area contributed by atoms with Crippen molar-refractivity contribution >= 4 is 29.9 Å². The number of ether oxygens (including phenoxy) is 1. The third-order valence-corrected chi connectivity index (χ3v) is 3.25. The molecule has 2 N–H and O–H groups in total. The van der Waals surface area contributed by atoms with Crippen molar-refractivity contribution in [2.75, 3.05) is 19.7 Å². The molecule has 100 valence electrons. The van der Waals surface area contributed by atoms with Crippen LogP contribution in [-0.4, -0.2) is 37.8 Å². The summed E-state index contributed by atoms with van der Waals surface area (Å²) in [6, 6.07) is 0.627. The maximum Gasteiger partial charge on any atom is 0.191 e. The number of nitrogens with zero attached hydrogens (tertiary/aromatic N) is 1. The molecule has 0 aromatic carbocycles. The van der Waals surface area contributed by atoms with Crippen molar-refractivity contribution in [3.05, 3.63) is 0 Å². The largest absolute Gasteiger partial charge is 0.376 e. The van der Waals surface area contributed by atoms with Gasteiger partial charge in [-0.05, 0) is 32.1 Å². The number of hydrogen-bond acceptors (Lipinski definition) is 2. The molecule has 17 heavy (non-hydrogen) atoms. The number of aliphatic imine (C=N–C) groups is 1. The fourth-order valence-electron chi connectivity index (χ4n) is 2.00. The van der Waals surface area contributed by atoms with Gasteiger partial charge in [0.05, 0.1) is 12.6 Å². The van der Waals surface area contributed by atoms with E-state index in [0.29, 0.717) is 12.1 Å². The molecule has 1 saturated heterocycles. The molecule has 2 fully saturated rings. The number of guanidine groups is 1. The molecule has 1 aliphatic heterocycles. The Morgan fingerprint density at radius 1 is 1.47 bits per heavy atom. The maximum atomic E-state index is 5.56. The fraction of sp³-hybridized carbons (Fsp3) is 0.917. The molecule has 5 heteroatoms. The fourth-order valence-corrected chi connectivity index (χ4v) is 2.00. The molecule has 0 aromatic heterocycles. The lowest BCUT2D eigenvalue weighted by Gasteiger charge is -2.12. The first kappa shape index (κ1) is 15.0. The van der Waals surface area contributed by atoms with Crippen molar-refractivity contribution < 1.29 is 4.74 Å². The second-order valence-electron chi connectivity index (χ2n) is 4.82. The van der Waals surface area contributed by atoms with E-state index in [1.54, 1.807) is 0 Å². The molecular formula is C12H24IN3O. The Hall–Kier alpha value is -0.0400. The van der Waals surface area contributed by atoms with Gasteiger partial charge in [0.2, 0.25) is 0 Å². The van der Waals surface area contributed by atoms with Crippen molar-refractivity contribution in [2.45, 2.75) is 45.3 Å². The van der Waals surface area contributed by atoms with E-state index in [9.17, 15) is 0 Å². The molecule has 2 rings (SSSR count). The summed E-state index contributed by atoms with van der Waals surface area (Å²) in [5, 5.41) is 6.73. The van der Waals surface area contributed by atoms with Crippen LogP contribution in [0.2, 0.25) is 0 Å². The summed E-state index contributed by atoms with van der Waals surface area (Å²) in [6.45, 7) is 6.97. The molecule has 1 saturated carbocycles. The minimum Gasteiger partial charge on any atom is -0.376 e. The number of hydrogen-bond donors (Lipinski definition) is 2. The zero-order valence-electron chi connectivity index (χ0n) is 10.7. The first-order valence-electron chi connectivity index (χ1n) is 6.46. The summed E-state index contributed by atoms with van der Waals surface area (Å²) < 4.78 is 5.56. The van der Waals surface area contributed by atoms with Gasteiger partial charge >= 0.3 is 0 Å².